The molecule has 0 amide bonds. The monoisotopic (exact) mass is 280 g/mol. The maximum Gasteiger partial charge on any atom is 0.0650 e. The van der Waals surface area contributed by atoms with E-state index in [-0.39, 0.29) is 6.10 Å². The van der Waals surface area contributed by atoms with Gasteiger partial charge >= 0.3 is 0 Å². The van der Waals surface area contributed by atoms with E-state index in [0.29, 0.717) is 6.42 Å². The third-order valence-electron chi connectivity index (χ3n) is 3.85. The number of rotatable bonds is 12. The van der Waals surface area contributed by atoms with E-state index in [1.165, 1.54) is 51.4 Å². The van der Waals surface area contributed by atoms with Crippen LogP contribution in [0.4, 0.5) is 0 Å². The second kappa shape index (κ2) is 10.9. The number of unbranched alkanes of at least 4 members (excludes halogenated alkanes) is 8. The Labute approximate surface area is 124 Å². The number of aryl methyl sites for hydroxylation is 1. The number of hydrogen-bond acceptors (Lipinski definition) is 2. The minimum absolute atomic E-state index is 0.227. The molecule has 3 heteroatoms. The predicted octanol–water partition coefficient (Wildman–Crippen LogP) is 4.24. The van der Waals surface area contributed by atoms with E-state index in [9.17, 15) is 5.11 Å². The Morgan fingerprint density at radius 2 is 1.65 bits per heavy atom. The van der Waals surface area contributed by atoms with Gasteiger partial charge in [-0.25, -0.2) is 0 Å². The molecule has 1 aromatic rings. The Morgan fingerprint density at radius 1 is 1.05 bits per heavy atom. The zero-order valence-corrected chi connectivity index (χ0v) is 13.4. The zero-order valence-electron chi connectivity index (χ0n) is 13.4. The van der Waals surface area contributed by atoms with Crippen LogP contribution in [0.1, 0.15) is 76.8 Å². The third kappa shape index (κ3) is 8.36. The number of nitrogens with zero attached hydrogens (tertiary/aromatic N) is 2. The van der Waals surface area contributed by atoms with Crippen LogP contribution in [-0.4, -0.2) is 21.0 Å². The van der Waals surface area contributed by atoms with Crippen molar-refractivity contribution in [3.05, 3.63) is 18.0 Å². The van der Waals surface area contributed by atoms with Crippen molar-refractivity contribution in [2.75, 3.05) is 0 Å². The van der Waals surface area contributed by atoms with E-state index < -0.39 is 0 Å². The Hall–Kier alpha value is -0.830. The highest BCUT2D eigenvalue weighted by atomic mass is 16.3. The SMILES string of the molecule is CCCCCCCCCCCC(O)Cc1ccn(C)n1. The fraction of sp³-hybridized carbons (Fsp3) is 0.824. The van der Waals surface area contributed by atoms with Crippen molar-refractivity contribution in [3.8, 4) is 0 Å². The standard InChI is InChI=1S/C17H32N2O/c1-3-4-5-6-7-8-9-10-11-12-17(20)15-16-13-14-19(2)18-16/h13-14,17,20H,3-12,15H2,1-2H3. The van der Waals surface area contributed by atoms with Crippen molar-refractivity contribution in [2.24, 2.45) is 7.05 Å². The van der Waals surface area contributed by atoms with Gasteiger partial charge in [-0.3, -0.25) is 4.68 Å². The summed E-state index contributed by atoms with van der Waals surface area (Å²) in [4.78, 5) is 0. The van der Waals surface area contributed by atoms with Gasteiger partial charge in [-0.2, -0.15) is 5.10 Å². The Bertz CT molecular complexity index is 335. The largest absolute Gasteiger partial charge is 0.393 e. The van der Waals surface area contributed by atoms with Gasteiger partial charge in [0, 0.05) is 19.7 Å². The molecule has 1 unspecified atom stereocenters. The maximum atomic E-state index is 9.96. The summed E-state index contributed by atoms with van der Waals surface area (Å²) < 4.78 is 1.79. The van der Waals surface area contributed by atoms with Crippen LogP contribution in [-0.2, 0) is 13.5 Å². The number of hydrogen-bond donors (Lipinski definition) is 1. The van der Waals surface area contributed by atoms with Crippen molar-refractivity contribution in [2.45, 2.75) is 83.7 Å². The van der Waals surface area contributed by atoms with E-state index in [0.717, 1.165) is 18.5 Å². The molecule has 0 spiro atoms. The normalized spacial score (nSPS) is 12.8. The highest BCUT2D eigenvalue weighted by molar-refractivity contribution is 5.00. The lowest BCUT2D eigenvalue weighted by molar-refractivity contribution is 0.159. The fourth-order valence-corrected chi connectivity index (χ4v) is 2.61. The summed E-state index contributed by atoms with van der Waals surface area (Å²) in [7, 11) is 1.91. The summed E-state index contributed by atoms with van der Waals surface area (Å²) in [6, 6.07) is 1.99. The molecule has 1 N–H and O–H groups in total. The van der Waals surface area contributed by atoms with Crippen molar-refractivity contribution in [3.63, 3.8) is 0 Å². The molecule has 0 aromatic carbocycles. The maximum absolute atomic E-state index is 9.96. The van der Waals surface area contributed by atoms with Crippen LogP contribution >= 0.6 is 0 Å². The van der Waals surface area contributed by atoms with Gasteiger partial charge in [0.05, 0.1) is 11.8 Å². The number of aliphatic hydroxyl groups excluding tert-OH is 1. The molecule has 1 aromatic heterocycles. The molecule has 0 saturated carbocycles. The molecule has 20 heavy (non-hydrogen) atoms. The first-order valence-electron chi connectivity index (χ1n) is 8.39. The molecule has 1 atom stereocenters. The van der Waals surface area contributed by atoms with Gasteiger partial charge in [0.1, 0.15) is 0 Å². The highest BCUT2D eigenvalue weighted by Gasteiger charge is 2.07. The first-order chi connectivity index (χ1) is 9.72. The summed E-state index contributed by atoms with van der Waals surface area (Å²) in [5, 5.41) is 14.3. The molecule has 1 heterocycles. The average Bonchev–Trinajstić information content (AvgIpc) is 2.82. The zero-order chi connectivity index (χ0) is 14.6. The van der Waals surface area contributed by atoms with Crippen LogP contribution in [0, 0.1) is 0 Å². The van der Waals surface area contributed by atoms with Crippen LogP contribution in [0.2, 0.25) is 0 Å². The van der Waals surface area contributed by atoms with Gasteiger partial charge in [-0.05, 0) is 12.5 Å². The molecule has 0 aliphatic heterocycles. The lowest BCUT2D eigenvalue weighted by atomic mass is 10.0. The topological polar surface area (TPSA) is 38.0 Å². The molecule has 0 fully saturated rings. The van der Waals surface area contributed by atoms with E-state index in [4.69, 9.17) is 0 Å². The summed E-state index contributed by atoms with van der Waals surface area (Å²) in [5.74, 6) is 0. The van der Waals surface area contributed by atoms with Crippen molar-refractivity contribution < 1.29 is 5.11 Å². The first-order valence-corrected chi connectivity index (χ1v) is 8.39. The van der Waals surface area contributed by atoms with E-state index >= 15 is 0 Å². The highest BCUT2D eigenvalue weighted by Crippen LogP contribution is 2.12. The lowest BCUT2D eigenvalue weighted by Crippen LogP contribution is -2.11. The molecular weight excluding hydrogens is 248 g/mol. The number of aliphatic hydroxyl groups is 1. The van der Waals surface area contributed by atoms with Gasteiger partial charge in [0.2, 0.25) is 0 Å². The van der Waals surface area contributed by atoms with Gasteiger partial charge < -0.3 is 5.11 Å². The Morgan fingerprint density at radius 3 is 2.20 bits per heavy atom. The van der Waals surface area contributed by atoms with Gasteiger partial charge in [-0.15, -0.1) is 0 Å². The smallest absolute Gasteiger partial charge is 0.0650 e. The second-order valence-electron chi connectivity index (χ2n) is 5.96. The average molecular weight is 280 g/mol. The van der Waals surface area contributed by atoms with Crippen LogP contribution < -0.4 is 0 Å². The van der Waals surface area contributed by atoms with Crippen LogP contribution in [0.3, 0.4) is 0 Å². The van der Waals surface area contributed by atoms with Gasteiger partial charge in [0.25, 0.3) is 0 Å². The van der Waals surface area contributed by atoms with Crippen LogP contribution in [0.25, 0.3) is 0 Å². The minimum atomic E-state index is -0.227. The molecule has 0 saturated heterocycles. The Balaban J connectivity index is 1.90. The van der Waals surface area contributed by atoms with Crippen LogP contribution in [0.15, 0.2) is 12.3 Å². The van der Waals surface area contributed by atoms with E-state index in [1.54, 1.807) is 4.68 Å². The quantitative estimate of drug-likeness (QED) is 0.581. The van der Waals surface area contributed by atoms with Gasteiger partial charge in [-0.1, -0.05) is 64.7 Å². The molecule has 0 aliphatic rings. The molecule has 0 radical (unpaired) electrons. The molecule has 0 aliphatic carbocycles. The summed E-state index contributed by atoms with van der Waals surface area (Å²) in [5.41, 5.74) is 0.996. The Kier molecular flexibility index (Phi) is 9.38. The molecule has 1 rings (SSSR count). The number of aromatic nitrogens is 2. The third-order valence-corrected chi connectivity index (χ3v) is 3.85. The predicted molar refractivity (Wildman–Crippen MR) is 84.8 cm³/mol. The van der Waals surface area contributed by atoms with Crippen molar-refractivity contribution in [1.82, 2.24) is 9.78 Å². The van der Waals surface area contributed by atoms with E-state index in [2.05, 4.69) is 12.0 Å². The van der Waals surface area contributed by atoms with E-state index in [1.807, 2.05) is 19.3 Å². The first kappa shape index (κ1) is 17.2. The van der Waals surface area contributed by atoms with Crippen molar-refractivity contribution in [1.29, 1.82) is 0 Å². The lowest BCUT2D eigenvalue weighted by Gasteiger charge is -2.08. The van der Waals surface area contributed by atoms with Gasteiger partial charge in [0.15, 0.2) is 0 Å². The summed E-state index contributed by atoms with van der Waals surface area (Å²) >= 11 is 0. The molecule has 116 valence electrons. The fourth-order valence-electron chi connectivity index (χ4n) is 2.61. The molecular formula is C17H32N2O. The summed E-state index contributed by atoms with van der Waals surface area (Å²) in [6.07, 6.45) is 15.3. The minimum Gasteiger partial charge on any atom is -0.393 e. The summed E-state index contributed by atoms with van der Waals surface area (Å²) in [6.45, 7) is 2.26. The molecule has 0 bridgehead atoms. The second-order valence-corrected chi connectivity index (χ2v) is 5.96. The molecule has 3 nitrogen and oxygen atoms in total. The van der Waals surface area contributed by atoms with Crippen LogP contribution in [0.5, 0.6) is 0 Å². The van der Waals surface area contributed by atoms with Crippen molar-refractivity contribution >= 4 is 0 Å².